The summed E-state index contributed by atoms with van der Waals surface area (Å²) in [4.78, 5) is 26.1. The lowest BCUT2D eigenvalue weighted by molar-refractivity contribution is -0.125. The molecule has 2 rings (SSSR count). The second-order valence-corrected chi connectivity index (χ2v) is 4.93. The first-order chi connectivity index (χ1) is 10.0. The van der Waals surface area contributed by atoms with Gasteiger partial charge in [-0.1, -0.05) is 0 Å². The molecule has 1 amide bonds. The van der Waals surface area contributed by atoms with Crippen LogP contribution in [-0.2, 0) is 9.53 Å². The second-order valence-electron chi connectivity index (χ2n) is 4.93. The molecule has 9 nitrogen and oxygen atoms in total. The van der Waals surface area contributed by atoms with Gasteiger partial charge in [0.25, 0.3) is 0 Å². The van der Waals surface area contributed by atoms with Gasteiger partial charge in [0, 0.05) is 12.6 Å². The van der Waals surface area contributed by atoms with Crippen LogP contribution in [0.25, 0.3) is 0 Å². The van der Waals surface area contributed by atoms with Crippen molar-refractivity contribution in [1.29, 1.82) is 0 Å². The van der Waals surface area contributed by atoms with Gasteiger partial charge in [0.1, 0.15) is 6.04 Å². The van der Waals surface area contributed by atoms with Crippen LogP contribution in [-0.4, -0.2) is 59.8 Å². The molecule has 0 saturated carbocycles. The van der Waals surface area contributed by atoms with Crippen molar-refractivity contribution in [3.63, 3.8) is 0 Å². The van der Waals surface area contributed by atoms with Gasteiger partial charge in [0.2, 0.25) is 17.8 Å². The van der Waals surface area contributed by atoms with Gasteiger partial charge in [-0.2, -0.15) is 15.0 Å². The summed E-state index contributed by atoms with van der Waals surface area (Å²) in [6.07, 6.45) is 0. The van der Waals surface area contributed by atoms with Gasteiger partial charge in [-0.3, -0.25) is 4.79 Å². The fraction of sp³-hybridized carbons (Fsp3) is 0.667. The maximum Gasteiger partial charge on any atom is 0.322 e. The number of morpholine rings is 1. The molecule has 1 aromatic heterocycles. The molecule has 3 N–H and O–H groups in total. The van der Waals surface area contributed by atoms with Crippen LogP contribution in [0.15, 0.2) is 0 Å². The minimum Gasteiger partial charge on any atom is -0.467 e. The molecule has 9 heteroatoms. The third-order valence-corrected chi connectivity index (χ3v) is 2.92. The number of nitrogens with zero attached hydrogens (tertiary/aromatic N) is 4. The summed E-state index contributed by atoms with van der Waals surface area (Å²) in [6, 6.07) is -0.348. The smallest absolute Gasteiger partial charge is 0.322 e. The minimum absolute atomic E-state index is 0.0410. The number of aromatic nitrogens is 3. The number of carbonyl (C=O) groups is 1. The normalized spacial score (nSPS) is 18.7. The summed E-state index contributed by atoms with van der Waals surface area (Å²) in [6.45, 7) is 5.04. The Bertz CT molecular complexity index is 510. The number of methoxy groups -OCH3 is 1. The number of nitrogens with two attached hydrogens (primary N) is 1. The zero-order valence-electron chi connectivity index (χ0n) is 12.4. The molecular weight excluding hydrogens is 276 g/mol. The van der Waals surface area contributed by atoms with Crippen LogP contribution in [0, 0.1) is 0 Å². The van der Waals surface area contributed by atoms with Gasteiger partial charge in [0.15, 0.2) is 0 Å². The third kappa shape index (κ3) is 3.69. The average Bonchev–Trinajstić information content (AvgIpc) is 2.45. The van der Waals surface area contributed by atoms with Crippen LogP contribution in [0.2, 0.25) is 0 Å². The highest BCUT2D eigenvalue weighted by molar-refractivity contribution is 5.85. The zero-order chi connectivity index (χ0) is 15.4. The van der Waals surface area contributed by atoms with Gasteiger partial charge < -0.3 is 25.4 Å². The van der Waals surface area contributed by atoms with Crippen LogP contribution >= 0.6 is 0 Å². The Hall–Kier alpha value is -2.16. The quantitative estimate of drug-likeness (QED) is 0.741. The highest BCUT2D eigenvalue weighted by Gasteiger charge is 2.32. The Morgan fingerprint density at radius 2 is 2.24 bits per heavy atom. The highest BCUT2D eigenvalue weighted by atomic mass is 16.5. The van der Waals surface area contributed by atoms with E-state index in [1.165, 1.54) is 7.11 Å². The number of hydrogen-bond acceptors (Lipinski definition) is 8. The van der Waals surface area contributed by atoms with Gasteiger partial charge in [-0.15, -0.1) is 0 Å². The van der Waals surface area contributed by atoms with Crippen molar-refractivity contribution >= 4 is 17.8 Å². The molecule has 1 aliphatic heterocycles. The lowest BCUT2D eigenvalue weighted by Crippen LogP contribution is -2.55. The predicted octanol–water partition coefficient (Wildman–Crippen LogP) is -0.808. The van der Waals surface area contributed by atoms with Gasteiger partial charge in [-0.05, 0) is 13.8 Å². The van der Waals surface area contributed by atoms with E-state index in [1.807, 2.05) is 13.8 Å². The van der Waals surface area contributed by atoms with Crippen molar-refractivity contribution in [2.45, 2.75) is 25.9 Å². The molecule has 2 heterocycles. The maximum absolute atomic E-state index is 12.3. The topological polar surface area (TPSA) is 115 Å². The Kier molecular flexibility index (Phi) is 4.73. The monoisotopic (exact) mass is 296 g/mol. The summed E-state index contributed by atoms with van der Waals surface area (Å²) < 4.78 is 10.4. The molecule has 1 unspecified atom stereocenters. The molecule has 0 radical (unpaired) electrons. The molecule has 1 saturated heterocycles. The second kappa shape index (κ2) is 6.53. The van der Waals surface area contributed by atoms with Crippen molar-refractivity contribution in [1.82, 2.24) is 20.3 Å². The van der Waals surface area contributed by atoms with E-state index >= 15 is 0 Å². The van der Waals surface area contributed by atoms with Crippen LogP contribution in [0.5, 0.6) is 6.01 Å². The largest absolute Gasteiger partial charge is 0.467 e. The molecule has 0 bridgehead atoms. The van der Waals surface area contributed by atoms with Crippen molar-refractivity contribution in [3.8, 4) is 6.01 Å². The number of anilines is 2. The van der Waals surface area contributed by atoms with E-state index in [4.69, 9.17) is 15.2 Å². The summed E-state index contributed by atoms with van der Waals surface area (Å²) in [5, 5.41) is 2.86. The van der Waals surface area contributed by atoms with E-state index in [-0.39, 0.29) is 30.5 Å². The first-order valence-corrected chi connectivity index (χ1v) is 6.71. The molecule has 1 aromatic rings. The lowest BCUT2D eigenvalue weighted by atomic mass is 10.2. The Morgan fingerprint density at radius 1 is 1.48 bits per heavy atom. The number of rotatable bonds is 4. The van der Waals surface area contributed by atoms with Crippen molar-refractivity contribution in [2.75, 3.05) is 37.5 Å². The Labute approximate surface area is 122 Å². The number of hydrogen-bond donors (Lipinski definition) is 2. The van der Waals surface area contributed by atoms with Gasteiger partial charge >= 0.3 is 6.01 Å². The van der Waals surface area contributed by atoms with Crippen molar-refractivity contribution in [2.24, 2.45) is 0 Å². The van der Waals surface area contributed by atoms with Crippen LogP contribution in [0.4, 0.5) is 11.9 Å². The summed E-state index contributed by atoms with van der Waals surface area (Å²) in [7, 11) is 1.45. The van der Waals surface area contributed by atoms with Gasteiger partial charge in [0.05, 0.1) is 20.3 Å². The Balaban J connectivity index is 2.26. The van der Waals surface area contributed by atoms with E-state index in [1.54, 1.807) is 4.90 Å². The predicted molar refractivity (Wildman–Crippen MR) is 76.0 cm³/mol. The molecule has 0 spiro atoms. The SMILES string of the molecule is COc1nc(N)nc(N2CCOCC2C(=O)NC(C)C)n1. The average molecular weight is 296 g/mol. The molecule has 0 aromatic carbocycles. The number of amides is 1. The zero-order valence-corrected chi connectivity index (χ0v) is 12.4. The molecular formula is C12H20N6O3. The maximum atomic E-state index is 12.3. The first kappa shape index (κ1) is 15.2. The standard InChI is InChI=1S/C12H20N6O3/c1-7(2)14-9(19)8-6-21-5-4-18(8)11-15-10(13)16-12(17-11)20-3/h7-8H,4-6H2,1-3H3,(H,14,19)(H2,13,15,16,17). The molecule has 21 heavy (non-hydrogen) atoms. The molecule has 1 fully saturated rings. The number of ether oxygens (including phenoxy) is 2. The fourth-order valence-corrected chi connectivity index (χ4v) is 2.02. The van der Waals surface area contributed by atoms with E-state index in [0.717, 1.165) is 0 Å². The molecule has 1 aliphatic rings. The fourth-order valence-electron chi connectivity index (χ4n) is 2.02. The number of nitrogens with one attached hydrogen (secondary N) is 1. The summed E-state index contributed by atoms with van der Waals surface area (Å²) in [5.74, 6) is 0.223. The van der Waals surface area contributed by atoms with E-state index in [9.17, 15) is 4.79 Å². The van der Waals surface area contributed by atoms with Gasteiger partial charge in [-0.25, -0.2) is 0 Å². The summed E-state index contributed by atoms with van der Waals surface area (Å²) >= 11 is 0. The number of nitrogen functional groups attached to an aromatic ring is 1. The van der Waals surface area contributed by atoms with E-state index in [0.29, 0.717) is 19.1 Å². The van der Waals surface area contributed by atoms with Crippen LogP contribution < -0.4 is 20.7 Å². The van der Waals surface area contributed by atoms with Crippen molar-refractivity contribution < 1.29 is 14.3 Å². The third-order valence-electron chi connectivity index (χ3n) is 2.92. The number of carbonyl (C=O) groups excluding carboxylic acids is 1. The lowest BCUT2D eigenvalue weighted by Gasteiger charge is -2.34. The van der Waals surface area contributed by atoms with E-state index < -0.39 is 6.04 Å². The Morgan fingerprint density at radius 3 is 2.90 bits per heavy atom. The van der Waals surface area contributed by atoms with Crippen LogP contribution in [0.3, 0.4) is 0 Å². The first-order valence-electron chi connectivity index (χ1n) is 6.71. The molecule has 1 atom stereocenters. The summed E-state index contributed by atoms with van der Waals surface area (Å²) in [5.41, 5.74) is 5.64. The van der Waals surface area contributed by atoms with Crippen LogP contribution in [0.1, 0.15) is 13.8 Å². The molecule has 0 aliphatic carbocycles. The minimum atomic E-state index is -0.507. The highest BCUT2D eigenvalue weighted by Crippen LogP contribution is 2.18. The van der Waals surface area contributed by atoms with Crippen molar-refractivity contribution in [3.05, 3.63) is 0 Å². The van der Waals surface area contributed by atoms with E-state index in [2.05, 4.69) is 20.3 Å². The molecule has 116 valence electrons.